The van der Waals surface area contributed by atoms with Crippen molar-refractivity contribution in [3.05, 3.63) is 69.7 Å². The van der Waals surface area contributed by atoms with Crippen molar-refractivity contribution in [1.82, 2.24) is 0 Å². The van der Waals surface area contributed by atoms with Crippen LogP contribution in [0.5, 0.6) is 0 Å². The van der Waals surface area contributed by atoms with Gasteiger partial charge in [0.2, 0.25) is 0 Å². The van der Waals surface area contributed by atoms with Gasteiger partial charge in [-0.2, -0.15) is 0 Å². The Hall–Kier alpha value is -1.31. The smallest absolute Gasteiger partial charge is 0.104 e. The Balaban J connectivity index is 2.43. The van der Waals surface area contributed by atoms with Crippen molar-refractivity contribution < 1.29 is 5.11 Å². The van der Waals surface area contributed by atoms with Crippen LogP contribution in [0.15, 0.2) is 42.5 Å². The first-order chi connectivity index (χ1) is 8.08. The van der Waals surface area contributed by atoms with Crippen molar-refractivity contribution in [3.63, 3.8) is 0 Å². The average molecular weight is 247 g/mol. The number of aliphatic hydroxyl groups excluding tert-OH is 1. The highest BCUT2D eigenvalue weighted by Crippen LogP contribution is 2.27. The highest BCUT2D eigenvalue weighted by molar-refractivity contribution is 6.30. The topological polar surface area (TPSA) is 20.2 Å². The van der Waals surface area contributed by atoms with Crippen LogP contribution in [0, 0.1) is 13.8 Å². The van der Waals surface area contributed by atoms with E-state index in [1.54, 1.807) is 12.1 Å². The van der Waals surface area contributed by atoms with Gasteiger partial charge >= 0.3 is 0 Å². The third-order valence-corrected chi connectivity index (χ3v) is 3.13. The third kappa shape index (κ3) is 2.68. The maximum absolute atomic E-state index is 10.4. The number of aliphatic hydroxyl groups is 1. The van der Waals surface area contributed by atoms with E-state index in [0.29, 0.717) is 5.02 Å². The molecule has 0 aliphatic carbocycles. The summed E-state index contributed by atoms with van der Waals surface area (Å²) in [7, 11) is 0. The van der Waals surface area contributed by atoms with Gasteiger partial charge < -0.3 is 5.11 Å². The Morgan fingerprint density at radius 2 is 1.82 bits per heavy atom. The van der Waals surface area contributed by atoms with Gasteiger partial charge in [0, 0.05) is 5.02 Å². The number of hydrogen-bond acceptors (Lipinski definition) is 1. The molecule has 88 valence electrons. The predicted octanol–water partition coefficient (Wildman–Crippen LogP) is 4.04. The van der Waals surface area contributed by atoms with Gasteiger partial charge in [0.1, 0.15) is 6.10 Å². The Labute approximate surface area is 107 Å². The largest absolute Gasteiger partial charge is 0.384 e. The Morgan fingerprint density at radius 3 is 2.53 bits per heavy atom. The van der Waals surface area contributed by atoms with Crippen molar-refractivity contribution in [2.75, 3.05) is 0 Å². The van der Waals surface area contributed by atoms with Gasteiger partial charge in [-0.1, -0.05) is 47.5 Å². The van der Waals surface area contributed by atoms with Crippen LogP contribution < -0.4 is 0 Å². The van der Waals surface area contributed by atoms with Crippen molar-refractivity contribution in [2.45, 2.75) is 20.0 Å². The fourth-order valence-electron chi connectivity index (χ4n) is 1.91. The number of rotatable bonds is 2. The van der Waals surface area contributed by atoms with Gasteiger partial charge in [-0.15, -0.1) is 0 Å². The van der Waals surface area contributed by atoms with Gasteiger partial charge in [0.25, 0.3) is 0 Å². The molecule has 0 aliphatic heterocycles. The van der Waals surface area contributed by atoms with E-state index in [1.165, 1.54) is 0 Å². The molecule has 0 saturated carbocycles. The monoisotopic (exact) mass is 246 g/mol. The summed E-state index contributed by atoms with van der Waals surface area (Å²) in [5.41, 5.74) is 3.99. The molecular formula is C15H15ClO. The maximum Gasteiger partial charge on any atom is 0.104 e. The predicted molar refractivity (Wildman–Crippen MR) is 71.4 cm³/mol. The standard InChI is InChI=1S/C15H15ClO/c1-10-6-7-11(2)14(8-10)15(17)12-4-3-5-13(16)9-12/h3-9,15,17H,1-2H3. The molecule has 0 bridgehead atoms. The fourth-order valence-corrected chi connectivity index (χ4v) is 2.11. The number of benzene rings is 2. The Kier molecular flexibility index (Phi) is 3.51. The first-order valence-corrected chi connectivity index (χ1v) is 5.96. The lowest BCUT2D eigenvalue weighted by Gasteiger charge is -2.15. The van der Waals surface area contributed by atoms with Gasteiger partial charge in [-0.25, -0.2) is 0 Å². The van der Waals surface area contributed by atoms with Crippen LogP contribution in [0.3, 0.4) is 0 Å². The molecule has 1 N–H and O–H groups in total. The van der Waals surface area contributed by atoms with Crippen LogP contribution in [-0.4, -0.2) is 5.11 Å². The maximum atomic E-state index is 10.4. The zero-order valence-electron chi connectivity index (χ0n) is 9.94. The fraction of sp³-hybridized carbons (Fsp3) is 0.200. The van der Waals surface area contributed by atoms with Crippen LogP contribution in [0.2, 0.25) is 5.02 Å². The molecule has 0 fully saturated rings. The van der Waals surface area contributed by atoms with Crippen molar-refractivity contribution >= 4 is 11.6 Å². The highest BCUT2D eigenvalue weighted by atomic mass is 35.5. The summed E-state index contributed by atoms with van der Waals surface area (Å²) < 4.78 is 0. The summed E-state index contributed by atoms with van der Waals surface area (Å²) in [6, 6.07) is 13.4. The quantitative estimate of drug-likeness (QED) is 0.848. The molecule has 17 heavy (non-hydrogen) atoms. The summed E-state index contributed by atoms with van der Waals surface area (Å²) in [6.07, 6.45) is -0.617. The molecule has 0 aliphatic rings. The van der Waals surface area contributed by atoms with E-state index in [4.69, 9.17) is 11.6 Å². The summed E-state index contributed by atoms with van der Waals surface area (Å²) in [6.45, 7) is 4.02. The zero-order valence-corrected chi connectivity index (χ0v) is 10.7. The second-order valence-corrected chi connectivity index (χ2v) is 4.75. The summed E-state index contributed by atoms with van der Waals surface area (Å²) in [4.78, 5) is 0. The van der Waals surface area contributed by atoms with E-state index in [0.717, 1.165) is 22.3 Å². The van der Waals surface area contributed by atoms with E-state index in [9.17, 15) is 5.11 Å². The summed E-state index contributed by atoms with van der Waals surface area (Å²) >= 11 is 5.94. The van der Waals surface area contributed by atoms with Crippen LogP contribution in [-0.2, 0) is 0 Å². The first kappa shape index (κ1) is 12.2. The lowest BCUT2D eigenvalue weighted by atomic mass is 9.96. The van der Waals surface area contributed by atoms with Crippen molar-refractivity contribution in [1.29, 1.82) is 0 Å². The normalized spacial score (nSPS) is 12.5. The second-order valence-electron chi connectivity index (χ2n) is 4.32. The molecule has 0 amide bonds. The molecule has 1 unspecified atom stereocenters. The minimum atomic E-state index is -0.617. The second kappa shape index (κ2) is 4.91. The molecule has 2 rings (SSSR count). The molecule has 2 aromatic rings. The number of aryl methyl sites for hydroxylation is 2. The van der Waals surface area contributed by atoms with Gasteiger partial charge in [0.15, 0.2) is 0 Å². The van der Waals surface area contributed by atoms with E-state index in [-0.39, 0.29) is 0 Å². The minimum Gasteiger partial charge on any atom is -0.384 e. The van der Waals surface area contributed by atoms with Crippen LogP contribution >= 0.6 is 11.6 Å². The number of halogens is 1. The lowest BCUT2D eigenvalue weighted by Crippen LogP contribution is -2.02. The van der Waals surface area contributed by atoms with Gasteiger partial charge in [0.05, 0.1) is 0 Å². The molecular weight excluding hydrogens is 232 g/mol. The Bertz CT molecular complexity index is 534. The van der Waals surface area contributed by atoms with E-state index in [1.807, 2.05) is 44.2 Å². The minimum absolute atomic E-state index is 0.617. The van der Waals surface area contributed by atoms with Crippen molar-refractivity contribution in [3.8, 4) is 0 Å². The molecule has 2 aromatic carbocycles. The molecule has 1 nitrogen and oxygen atoms in total. The summed E-state index contributed by atoms with van der Waals surface area (Å²) in [5.74, 6) is 0. The molecule has 0 spiro atoms. The van der Waals surface area contributed by atoms with Crippen molar-refractivity contribution in [2.24, 2.45) is 0 Å². The molecule has 0 radical (unpaired) electrons. The van der Waals surface area contributed by atoms with Crippen LogP contribution in [0.1, 0.15) is 28.4 Å². The average Bonchev–Trinajstić information content (AvgIpc) is 2.31. The summed E-state index contributed by atoms with van der Waals surface area (Å²) in [5, 5.41) is 11.0. The Morgan fingerprint density at radius 1 is 1.06 bits per heavy atom. The van der Waals surface area contributed by atoms with E-state index in [2.05, 4.69) is 0 Å². The zero-order chi connectivity index (χ0) is 12.4. The molecule has 2 heteroatoms. The molecule has 0 aromatic heterocycles. The van der Waals surface area contributed by atoms with Crippen LogP contribution in [0.4, 0.5) is 0 Å². The van der Waals surface area contributed by atoms with E-state index >= 15 is 0 Å². The number of hydrogen-bond donors (Lipinski definition) is 1. The third-order valence-electron chi connectivity index (χ3n) is 2.89. The van der Waals surface area contributed by atoms with Gasteiger partial charge in [-0.3, -0.25) is 0 Å². The van der Waals surface area contributed by atoms with Crippen LogP contribution in [0.25, 0.3) is 0 Å². The van der Waals surface area contributed by atoms with E-state index < -0.39 is 6.10 Å². The van der Waals surface area contributed by atoms with Gasteiger partial charge in [-0.05, 0) is 42.7 Å². The SMILES string of the molecule is Cc1ccc(C)c(C(O)c2cccc(Cl)c2)c1. The lowest BCUT2D eigenvalue weighted by molar-refractivity contribution is 0.219. The first-order valence-electron chi connectivity index (χ1n) is 5.58. The molecule has 0 heterocycles. The highest BCUT2D eigenvalue weighted by Gasteiger charge is 2.13. The molecule has 0 saturated heterocycles. The molecule has 1 atom stereocenters.